The van der Waals surface area contributed by atoms with Crippen molar-refractivity contribution in [3.8, 4) is 12.1 Å². The summed E-state index contributed by atoms with van der Waals surface area (Å²) in [7, 11) is 0. The Morgan fingerprint density at radius 3 is 2.23 bits per heavy atom. The molecule has 1 fully saturated rings. The fourth-order valence-electron chi connectivity index (χ4n) is 2.39. The van der Waals surface area contributed by atoms with Gasteiger partial charge in [-0.05, 0) is 31.4 Å². The van der Waals surface area contributed by atoms with Gasteiger partial charge in [0.2, 0.25) is 0 Å². The number of hydrogen-bond acceptors (Lipinski definition) is 5. The van der Waals surface area contributed by atoms with Crippen molar-refractivity contribution in [3.05, 3.63) is 34.4 Å². The molecule has 1 aromatic carbocycles. The number of non-ortho nitro benzene ring substituents is 1. The van der Waals surface area contributed by atoms with E-state index in [-0.39, 0.29) is 5.69 Å². The van der Waals surface area contributed by atoms with Crippen LogP contribution in [0.2, 0.25) is 0 Å². The summed E-state index contributed by atoms with van der Waals surface area (Å²) in [5.74, 6) is 0. The molecule has 1 aliphatic rings. The van der Waals surface area contributed by atoms with E-state index in [2.05, 4.69) is 5.32 Å². The number of rotatable bonds is 2. The van der Waals surface area contributed by atoms with E-state index in [0.29, 0.717) is 18.5 Å². The van der Waals surface area contributed by atoms with Crippen LogP contribution < -0.4 is 5.32 Å². The monoisotopic (exact) mass is 299 g/mol. The van der Waals surface area contributed by atoms with Crippen molar-refractivity contribution in [1.29, 1.82) is 10.5 Å². The number of piperidine rings is 1. The highest BCUT2D eigenvalue weighted by atomic mass is 16.6. The average Bonchev–Trinajstić information content (AvgIpc) is 2.54. The largest absolute Gasteiger partial charge is 0.324 e. The summed E-state index contributed by atoms with van der Waals surface area (Å²) in [5, 5.41) is 31.4. The maximum Gasteiger partial charge on any atom is 0.324 e. The first-order chi connectivity index (χ1) is 10.6. The normalized spacial score (nSPS) is 20.5. The van der Waals surface area contributed by atoms with Crippen molar-refractivity contribution in [3.63, 3.8) is 0 Å². The fourth-order valence-corrected chi connectivity index (χ4v) is 2.39. The minimum absolute atomic E-state index is 0.0826. The Kier molecular flexibility index (Phi) is 4.54. The van der Waals surface area contributed by atoms with E-state index in [0.717, 1.165) is 6.42 Å². The highest BCUT2D eigenvalue weighted by Gasteiger charge is 2.34. The van der Waals surface area contributed by atoms with Gasteiger partial charge in [0.15, 0.2) is 0 Å². The number of urea groups is 1. The predicted octanol–water partition coefficient (Wildman–Crippen LogP) is 2.40. The molecule has 0 radical (unpaired) electrons. The van der Waals surface area contributed by atoms with Crippen molar-refractivity contribution in [1.82, 2.24) is 4.90 Å². The van der Waals surface area contributed by atoms with E-state index >= 15 is 0 Å². The van der Waals surface area contributed by atoms with E-state index in [9.17, 15) is 14.9 Å². The van der Waals surface area contributed by atoms with Crippen LogP contribution in [0.1, 0.15) is 19.3 Å². The van der Waals surface area contributed by atoms with Gasteiger partial charge in [0, 0.05) is 17.8 Å². The third-order valence-electron chi connectivity index (χ3n) is 3.49. The van der Waals surface area contributed by atoms with Gasteiger partial charge >= 0.3 is 6.03 Å². The molecule has 0 bridgehead atoms. The molecule has 2 rings (SSSR count). The molecule has 1 heterocycles. The zero-order chi connectivity index (χ0) is 16.1. The number of anilines is 1. The Hall–Kier alpha value is -3.13. The van der Waals surface area contributed by atoms with Gasteiger partial charge in [0.1, 0.15) is 12.1 Å². The standard InChI is InChI=1S/C14H13N5O3/c15-8-12-2-1-3-13(9-16)18(12)14(20)17-10-4-6-11(7-5-10)19(21)22/h4-7,12-13H,1-3H2,(H,17,20). The quantitative estimate of drug-likeness (QED) is 0.663. The molecular formula is C14H13N5O3. The van der Waals surface area contributed by atoms with E-state index in [1.54, 1.807) is 0 Å². The van der Waals surface area contributed by atoms with Crippen LogP contribution in [0.25, 0.3) is 0 Å². The first-order valence-electron chi connectivity index (χ1n) is 6.70. The van der Waals surface area contributed by atoms with E-state index in [1.807, 2.05) is 12.1 Å². The van der Waals surface area contributed by atoms with Gasteiger partial charge in [0.25, 0.3) is 5.69 Å². The van der Waals surface area contributed by atoms with Gasteiger partial charge in [-0.2, -0.15) is 10.5 Å². The maximum atomic E-state index is 12.3. The second-order valence-electron chi connectivity index (χ2n) is 4.86. The molecular weight excluding hydrogens is 286 g/mol. The van der Waals surface area contributed by atoms with Crippen LogP contribution in [0.15, 0.2) is 24.3 Å². The highest BCUT2D eigenvalue weighted by molar-refractivity contribution is 5.90. The van der Waals surface area contributed by atoms with Gasteiger partial charge in [0.05, 0.1) is 17.1 Å². The number of amides is 2. The molecule has 0 spiro atoms. The van der Waals surface area contributed by atoms with Crippen LogP contribution in [0.4, 0.5) is 16.2 Å². The van der Waals surface area contributed by atoms with Gasteiger partial charge in [-0.25, -0.2) is 4.79 Å². The van der Waals surface area contributed by atoms with Crippen molar-refractivity contribution in [2.75, 3.05) is 5.32 Å². The average molecular weight is 299 g/mol. The van der Waals surface area contributed by atoms with E-state index in [1.165, 1.54) is 29.2 Å². The molecule has 8 nitrogen and oxygen atoms in total. The van der Waals surface area contributed by atoms with Crippen molar-refractivity contribution < 1.29 is 9.72 Å². The molecule has 2 atom stereocenters. The zero-order valence-corrected chi connectivity index (χ0v) is 11.6. The zero-order valence-electron chi connectivity index (χ0n) is 11.6. The van der Waals surface area contributed by atoms with Crippen LogP contribution in [-0.4, -0.2) is 27.9 Å². The minimum Gasteiger partial charge on any atom is -0.308 e. The number of likely N-dealkylation sites (tertiary alicyclic amines) is 1. The smallest absolute Gasteiger partial charge is 0.308 e. The third-order valence-corrected chi connectivity index (χ3v) is 3.49. The molecule has 0 aliphatic carbocycles. The van der Waals surface area contributed by atoms with Crippen LogP contribution in [0, 0.1) is 32.8 Å². The Morgan fingerprint density at radius 2 is 1.77 bits per heavy atom. The number of hydrogen-bond donors (Lipinski definition) is 1. The van der Waals surface area contributed by atoms with E-state index in [4.69, 9.17) is 10.5 Å². The summed E-state index contributed by atoms with van der Waals surface area (Å²) >= 11 is 0. The number of carbonyl (C=O) groups is 1. The summed E-state index contributed by atoms with van der Waals surface area (Å²) in [4.78, 5) is 23.6. The molecule has 0 saturated carbocycles. The molecule has 22 heavy (non-hydrogen) atoms. The number of nitrogens with zero attached hydrogens (tertiary/aromatic N) is 4. The summed E-state index contributed by atoms with van der Waals surface area (Å²) in [5.41, 5.74) is 0.287. The van der Waals surface area contributed by atoms with Crippen LogP contribution in [-0.2, 0) is 0 Å². The summed E-state index contributed by atoms with van der Waals surface area (Å²) in [6, 6.07) is 7.59. The Balaban J connectivity index is 2.14. The van der Waals surface area contributed by atoms with Crippen molar-refractivity contribution in [2.45, 2.75) is 31.3 Å². The predicted molar refractivity (Wildman–Crippen MR) is 76.6 cm³/mol. The van der Waals surface area contributed by atoms with Gasteiger partial charge in [-0.15, -0.1) is 0 Å². The van der Waals surface area contributed by atoms with Crippen LogP contribution in [0.3, 0.4) is 0 Å². The first kappa shape index (κ1) is 15.3. The molecule has 1 aliphatic heterocycles. The number of nitro benzene ring substituents is 1. The Bertz CT molecular complexity index is 637. The molecule has 1 aromatic rings. The second-order valence-corrected chi connectivity index (χ2v) is 4.86. The topological polar surface area (TPSA) is 123 Å². The number of nitriles is 2. The van der Waals surface area contributed by atoms with Crippen LogP contribution in [0.5, 0.6) is 0 Å². The van der Waals surface area contributed by atoms with E-state index < -0.39 is 23.0 Å². The first-order valence-corrected chi connectivity index (χ1v) is 6.70. The number of nitro groups is 1. The fraction of sp³-hybridized carbons (Fsp3) is 0.357. The third kappa shape index (κ3) is 3.13. The van der Waals surface area contributed by atoms with Crippen molar-refractivity contribution in [2.24, 2.45) is 0 Å². The Morgan fingerprint density at radius 1 is 1.23 bits per heavy atom. The second kappa shape index (κ2) is 6.55. The lowest BCUT2D eigenvalue weighted by molar-refractivity contribution is -0.384. The SMILES string of the molecule is N#CC1CCCC(C#N)N1C(=O)Nc1ccc([N+](=O)[O-])cc1. The molecule has 112 valence electrons. The number of carbonyl (C=O) groups excluding carboxylic acids is 1. The minimum atomic E-state index is -0.642. The Labute approximate surface area is 126 Å². The molecule has 2 amide bonds. The lowest BCUT2D eigenvalue weighted by Crippen LogP contribution is -2.50. The number of benzene rings is 1. The molecule has 2 unspecified atom stereocenters. The lowest BCUT2D eigenvalue weighted by Gasteiger charge is -2.35. The molecule has 1 N–H and O–H groups in total. The van der Waals surface area contributed by atoms with Gasteiger partial charge in [-0.3, -0.25) is 15.0 Å². The summed E-state index contributed by atoms with van der Waals surface area (Å²) in [6.45, 7) is 0. The summed E-state index contributed by atoms with van der Waals surface area (Å²) in [6.07, 6.45) is 1.78. The maximum absolute atomic E-state index is 12.3. The van der Waals surface area contributed by atoms with Gasteiger partial charge < -0.3 is 5.32 Å². The number of nitrogens with one attached hydrogen (secondary N) is 1. The highest BCUT2D eigenvalue weighted by Crippen LogP contribution is 2.24. The molecule has 8 heteroatoms. The van der Waals surface area contributed by atoms with Crippen LogP contribution >= 0.6 is 0 Å². The molecule has 0 aromatic heterocycles. The van der Waals surface area contributed by atoms with Crippen molar-refractivity contribution >= 4 is 17.4 Å². The summed E-state index contributed by atoms with van der Waals surface area (Å²) < 4.78 is 0. The van der Waals surface area contributed by atoms with Gasteiger partial charge in [-0.1, -0.05) is 0 Å². The lowest BCUT2D eigenvalue weighted by atomic mass is 9.97. The molecule has 1 saturated heterocycles.